The first kappa shape index (κ1) is 25.2. The minimum Gasteiger partial charge on any atom is -0.466 e. The summed E-state index contributed by atoms with van der Waals surface area (Å²) in [6, 6.07) is 7.73. The van der Waals surface area contributed by atoms with Crippen molar-refractivity contribution in [2.24, 2.45) is 10.9 Å². The Kier molecular flexibility index (Phi) is 11.0. The number of aliphatic imine (C=N–C) groups is 1. The predicted octanol–water partition coefficient (Wildman–Crippen LogP) is 2.40. The van der Waals surface area contributed by atoms with Gasteiger partial charge in [0.15, 0.2) is 5.96 Å². The van der Waals surface area contributed by atoms with Crippen molar-refractivity contribution in [2.75, 3.05) is 47.4 Å². The van der Waals surface area contributed by atoms with Crippen LogP contribution in [-0.2, 0) is 16.0 Å². The summed E-state index contributed by atoms with van der Waals surface area (Å²) >= 11 is 0. The highest BCUT2D eigenvalue weighted by molar-refractivity contribution is 14.0. The van der Waals surface area contributed by atoms with Gasteiger partial charge >= 0.3 is 5.97 Å². The van der Waals surface area contributed by atoms with Gasteiger partial charge in [-0.15, -0.1) is 24.0 Å². The number of hydrogen-bond donors (Lipinski definition) is 1. The number of piperidine rings is 1. The molecule has 1 N–H and O–H groups in total. The molecule has 1 fully saturated rings. The highest BCUT2D eigenvalue weighted by Crippen LogP contribution is 2.18. The van der Waals surface area contributed by atoms with Crippen molar-refractivity contribution in [2.45, 2.75) is 26.2 Å². The lowest BCUT2D eigenvalue weighted by atomic mass is 9.97. The Balaban J connectivity index is 0.00000420. The van der Waals surface area contributed by atoms with E-state index in [9.17, 15) is 9.59 Å². The summed E-state index contributed by atoms with van der Waals surface area (Å²) in [7, 11) is 5.29. The van der Waals surface area contributed by atoms with E-state index in [2.05, 4.69) is 15.2 Å². The highest BCUT2D eigenvalue weighted by Gasteiger charge is 2.27. The number of rotatable bonds is 6. The van der Waals surface area contributed by atoms with Crippen molar-refractivity contribution < 1.29 is 14.3 Å². The number of likely N-dealkylation sites (tertiary alicyclic amines) is 1. The van der Waals surface area contributed by atoms with Crippen molar-refractivity contribution in [1.82, 2.24) is 15.1 Å². The molecule has 0 spiro atoms. The van der Waals surface area contributed by atoms with Crippen molar-refractivity contribution >= 4 is 41.8 Å². The van der Waals surface area contributed by atoms with Crippen LogP contribution in [0.2, 0.25) is 0 Å². The first-order valence-electron chi connectivity index (χ1n) is 9.89. The second-order valence-electron chi connectivity index (χ2n) is 7.14. The lowest BCUT2D eigenvalue weighted by molar-refractivity contribution is -0.149. The fourth-order valence-corrected chi connectivity index (χ4v) is 3.36. The van der Waals surface area contributed by atoms with Crippen LogP contribution in [0.1, 0.15) is 35.7 Å². The van der Waals surface area contributed by atoms with Crippen molar-refractivity contribution in [3.05, 3.63) is 35.4 Å². The quantitative estimate of drug-likeness (QED) is 0.272. The minimum atomic E-state index is -0.0859. The van der Waals surface area contributed by atoms with Crippen LogP contribution in [0.15, 0.2) is 29.3 Å². The van der Waals surface area contributed by atoms with Gasteiger partial charge in [0.05, 0.1) is 12.5 Å². The van der Waals surface area contributed by atoms with Gasteiger partial charge in [-0.2, -0.15) is 0 Å². The number of guanidine groups is 1. The summed E-state index contributed by atoms with van der Waals surface area (Å²) in [6.07, 6.45) is 2.37. The van der Waals surface area contributed by atoms with Gasteiger partial charge in [0.25, 0.3) is 5.91 Å². The van der Waals surface area contributed by atoms with E-state index in [0.29, 0.717) is 12.2 Å². The molecule has 29 heavy (non-hydrogen) atoms. The van der Waals surface area contributed by atoms with Crippen LogP contribution in [0.3, 0.4) is 0 Å². The SMILES string of the molecule is CCOC(=O)C1CCN(C(=NC)NCCc2cccc(C(=O)N(C)C)c2)CC1.I. The lowest BCUT2D eigenvalue weighted by Crippen LogP contribution is -2.47. The van der Waals surface area contributed by atoms with Crippen LogP contribution < -0.4 is 5.32 Å². The van der Waals surface area contributed by atoms with Gasteiger partial charge in [0.2, 0.25) is 0 Å². The summed E-state index contributed by atoms with van der Waals surface area (Å²) in [6.45, 7) is 4.57. The van der Waals surface area contributed by atoms with Gasteiger partial charge in [0, 0.05) is 46.3 Å². The number of hydrogen-bond acceptors (Lipinski definition) is 4. The van der Waals surface area contributed by atoms with E-state index in [1.54, 1.807) is 26.0 Å². The molecule has 0 aliphatic carbocycles. The van der Waals surface area contributed by atoms with E-state index in [4.69, 9.17) is 4.74 Å². The van der Waals surface area contributed by atoms with Gasteiger partial charge in [-0.3, -0.25) is 14.6 Å². The maximum absolute atomic E-state index is 12.1. The van der Waals surface area contributed by atoms with Crippen LogP contribution in [0.25, 0.3) is 0 Å². The largest absolute Gasteiger partial charge is 0.466 e. The Labute approximate surface area is 190 Å². The van der Waals surface area contributed by atoms with Gasteiger partial charge < -0.3 is 19.9 Å². The zero-order valence-corrected chi connectivity index (χ0v) is 20.1. The number of esters is 1. The van der Waals surface area contributed by atoms with E-state index in [0.717, 1.165) is 50.4 Å². The highest BCUT2D eigenvalue weighted by atomic mass is 127. The first-order valence-corrected chi connectivity index (χ1v) is 9.89. The van der Waals surface area contributed by atoms with Crippen LogP contribution in [0.4, 0.5) is 0 Å². The standard InChI is InChI=1S/C21H32N4O3.HI/c1-5-28-20(27)17-10-13-25(14-11-17)21(22-2)23-12-9-16-7-6-8-18(15-16)19(26)24(3)4;/h6-8,15,17H,5,9-14H2,1-4H3,(H,22,23);1H. The molecule has 0 bridgehead atoms. The number of halogens is 1. The topological polar surface area (TPSA) is 74.2 Å². The summed E-state index contributed by atoms with van der Waals surface area (Å²) in [5.41, 5.74) is 1.81. The molecule has 2 rings (SSSR count). The number of amides is 1. The van der Waals surface area contributed by atoms with Gasteiger partial charge in [0.1, 0.15) is 0 Å². The van der Waals surface area contributed by atoms with E-state index in [1.807, 2.05) is 31.2 Å². The maximum Gasteiger partial charge on any atom is 0.309 e. The van der Waals surface area contributed by atoms with Crippen LogP contribution in [0.5, 0.6) is 0 Å². The minimum absolute atomic E-state index is 0. The molecular formula is C21H33IN4O3. The molecule has 1 aliphatic heterocycles. The molecule has 1 amide bonds. The van der Waals surface area contributed by atoms with Crippen molar-refractivity contribution in [1.29, 1.82) is 0 Å². The van der Waals surface area contributed by atoms with Crippen molar-refractivity contribution in [3.8, 4) is 0 Å². The summed E-state index contributed by atoms with van der Waals surface area (Å²) in [5.74, 6) is 0.765. The van der Waals surface area contributed by atoms with E-state index in [1.165, 1.54) is 0 Å². The molecule has 0 unspecified atom stereocenters. The Hall–Kier alpha value is -1.84. The number of carbonyl (C=O) groups is 2. The molecule has 1 aromatic carbocycles. The normalized spacial score (nSPS) is 14.8. The van der Waals surface area contributed by atoms with Crippen LogP contribution in [-0.4, -0.2) is 75.0 Å². The molecule has 0 saturated carbocycles. The van der Waals surface area contributed by atoms with E-state index in [-0.39, 0.29) is 41.8 Å². The lowest BCUT2D eigenvalue weighted by Gasteiger charge is -2.33. The van der Waals surface area contributed by atoms with Gasteiger partial charge in [-0.05, 0) is 43.9 Å². The molecule has 7 nitrogen and oxygen atoms in total. The molecule has 1 aliphatic rings. The monoisotopic (exact) mass is 516 g/mol. The molecule has 0 atom stereocenters. The number of ether oxygens (including phenoxy) is 1. The zero-order chi connectivity index (χ0) is 20.5. The molecule has 1 aromatic rings. The Morgan fingerprint density at radius 2 is 1.97 bits per heavy atom. The molecule has 1 saturated heterocycles. The van der Waals surface area contributed by atoms with E-state index >= 15 is 0 Å². The molecule has 0 aromatic heterocycles. The third-order valence-corrected chi connectivity index (χ3v) is 4.90. The third-order valence-electron chi connectivity index (χ3n) is 4.90. The molecule has 1 heterocycles. The van der Waals surface area contributed by atoms with Crippen LogP contribution in [0, 0.1) is 5.92 Å². The molecule has 162 valence electrons. The zero-order valence-electron chi connectivity index (χ0n) is 17.8. The van der Waals surface area contributed by atoms with E-state index < -0.39 is 0 Å². The predicted molar refractivity (Wildman–Crippen MR) is 126 cm³/mol. The fourth-order valence-electron chi connectivity index (χ4n) is 3.36. The van der Waals surface area contributed by atoms with Gasteiger partial charge in [-0.1, -0.05) is 12.1 Å². The molecular weight excluding hydrogens is 483 g/mol. The summed E-state index contributed by atoms with van der Waals surface area (Å²) in [4.78, 5) is 32.1. The van der Waals surface area contributed by atoms with Crippen LogP contribution >= 0.6 is 24.0 Å². The number of nitrogens with zero attached hydrogens (tertiary/aromatic N) is 3. The maximum atomic E-state index is 12.1. The Morgan fingerprint density at radius 3 is 2.55 bits per heavy atom. The summed E-state index contributed by atoms with van der Waals surface area (Å²) in [5, 5.41) is 3.39. The average Bonchev–Trinajstić information content (AvgIpc) is 2.71. The summed E-state index contributed by atoms with van der Waals surface area (Å²) < 4.78 is 5.13. The Bertz CT molecular complexity index is 701. The van der Waals surface area contributed by atoms with Gasteiger partial charge in [-0.25, -0.2) is 0 Å². The average molecular weight is 516 g/mol. The van der Waals surface area contributed by atoms with Crippen molar-refractivity contribution in [3.63, 3.8) is 0 Å². The third kappa shape index (κ3) is 7.49. The second kappa shape index (κ2) is 12.7. The number of carbonyl (C=O) groups excluding carboxylic acids is 2. The second-order valence-corrected chi connectivity index (χ2v) is 7.14. The fraction of sp³-hybridized carbons (Fsp3) is 0.571. The number of benzene rings is 1. The number of nitrogens with one attached hydrogen (secondary N) is 1. The smallest absolute Gasteiger partial charge is 0.309 e. The Morgan fingerprint density at radius 1 is 1.28 bits per heavy atom. The molecule has 0 radical (unpaired) electrons. The first-order chi connectivity index (χ1) is 13.5. The molecule has 8 heteroatoms.